The van der Waals surface area contributed by atoms with E-state index in [1.807, 2.05) is 25.1 Å². The summed E-state index contributed by atoms with van der Waals surface area (Å²) in [7, 11) is -3.74. The zero-order valence-corrected chi connectivity index (χ0v) is 18.6. The largest absolute Gasteiger partial charge is 0.481 e. The van der Waals surface area contributed by atoms with Gasteiger partial charge in [-0.2, -0.15) is 0 Å². The summed E-state index contributed by atoms with van der Waals surface area (Å²) in [5, 5.41) is 2.76. The zero-order valence-electron chi connectivity index (χ0n) is 16.2. The SMILES string of the molecule is CC[C@H](Oc1ccccc1)C(=O)Nc1ccc(S(=O)(=O)Nc2ccc(Br)cc2)cc1. The van der Waals surface area contributed by atoms with Crippen molar-refractivity contribution in [3.63, 3.8) is 0 Å². The van der Waals surface area contributed by atoms with Crippen molar-refractivity contribution < 1.29 is 17.9 Å². The molecule has 0 aromatic heterocycles. The number of carbonyl (C=O) groups is 1. The number of nitrogens with one attached hydrogen (secondary N) is 2. The molecule has 0 saturated heterocycles. The molecule has 1 atom stereocenters. The van der Waals surface area contributed by atoms with Gasteiger partial charge in [-0.15, -0.1) is 0 Å². The van der Waals surface area contributed by atoms with Crippen molar-refractivity contribution in [1.82, 2.24) is 0 Å². The molecule has 0 aliphatic heterocycles. The summed E-state index contributed by atoms with van der Waals surface area (Å²) >= 11 is 3.31. The number of rotatable bonds is 8. The lowest BCUT2D eigenvalue weighted by molar-refractivity contribution is -0.122. The molecule has 3 aromatic carbocycles. The fourth-order valence-corrected chi connectivity index (χ4v) is 3.98. The first-order valence-electron chi connectivity index (χ1n) is 9.28. The Labute approximate surface area is 184 Å². The summed E-state index contributed by atoms with van der Waals surface area (Å²) in [6.45, 7) is 1.86. The van der Waals surface area contributed by atoms with E-state index in [2.05, 4.69) is 26.0 Å². The quantitative estimate of drug-likeness (QED) is 0.464. The maximum absolute atomic E-state index is 12.5. The van der Waals surface area contributed by atoms with E-state index in [-0.39, 0.29) is 10.8 Å². The second-order valence-electron chi connectivity index (χ2n) is 6.45. The van der Waals surface area contributed by atoms with Gasteiger partial charge in [-0.25, -0.2) is 8.42 Å². The Morgan fingerprint density at radius 2 is 1.53 bits per heavy atom. The van der Waals surface area contributed by atoms with Gasteiger partial charge in [0.2, 0.25) is 0 Å². The lowest BCUT2D eigenvalue weighted by atomic mass is 10.2. The van der Waals surface area contributed by atoms with Crippen molar-refractivity contribution in [2.75, 3.05) is 10.0 Å². The van der Waals surface area contributed by atoms with E-state index in [9.17, 15) is 13.2 Å². The van der Waals surface area contributed by atoms with E-state index in [0.29, 0.717) is 23.5 Å². The average molecular weight is 489 g/mol. The third-order valence-electron chi connectivity index (χ3n) is 4.21. The summed E-state index contributed by atoms with van der Waals surface area (Å²) < 4.78 is 34.2. The average Bonchev–Trinajstić information content (AvgIpc) is 2.74. The van der Waals surface area contributed by atoms with Gasteiger partial charge in [0, 0.05) is 15.8 Å². The predicted molar refractivity (Wildman–Crippen MR) is 121 cm³/mol. The fraction of sp³-hybridized carbons (Fsp3) is 0.136. The summed E-state index contributed by atoms with van der Waals surface area (Å²) in [5.41, 5.74) is 0.942. The number of para-hydroxylation sites is 1. The molecule has 0 spiro atoms. The van der Waals surface area contributed by atoms with E-state index in [1.54, 1.807) is 48.5 Å². The third-order valence-corrected chi connectivity index (χ3v) is 6.14. The van der Waals surface area contributed by atoms with Crippen LogP contribution in [0.2, 0.25) is 0 Å². The standard InChI is InChI=1S/C22H21BrN2O4S/c1-2-21(29-19-6-4-3-5-7-19)22(26)24-17-12-14-20(15-13-17)30(27,28)25-18-10-8-16(23)9-11-18/h3-15,21,25H,2H2,1H3,(H,24,26)/t21-/m0/s1. The molecular formula is C22H21BrN2O4S. The van der Waals surface area contributed by atoms with Crippen molar-refractivity contribution in [2.45, 2.75) is 24.3 Å². The maximum Gasteiger partial charge on any atom is 0.265 e. The summed E-state index contributed by atoms with van der Waals surface area (Å²) in [6.07, 6.45) is -0.167. The zero-order chi connectivity index (χ0) is 21.6. The van der Waals surface area contributed by atoms with E-state index >= 15 is 0 Å². The lowest BCUT2D eigenvalue weighted by Crippen LogP contribution is -2.32. The Morgan fingerprint density at radius 3 is 2.13 bits per heavy atom. The van der Waals surface area contributed by atoms with Crippen molar-refractivity contribution in [2.24, 2.45) is 0 Å². The summed E-state index contributed by atoms with van der Waals surface area (Å²) in [6, 6.07) is 21.9. The molecule has 0 radical (unpaired) electrons. The van der Waals surface area contributed by atoms with Crippen LogP contribution in [-0.2, 0) is 14.8 Å². The number of anilines is 2. The number of sulfonamides is 1. The maximum atomic E-state index is 12.5. The van der Waals surface area contributed by atoms with Crippen LogP contribution in [-0.4, -0.2) is 20.4 Å². The molecule has 0 unspecified atom stereocenters. The molecule has 0 aliphatic rings. The molecule has 156 valence electrons. The first-order valence-corrected chi connectivity index (χ1v) is 11.6. The lowest BCUT2D eigenvalue weighted by Gasteiger charge is -2.17. The Hall–Kier alpha value is -2.84. The highest BCUT2D eigenvalue weighted by molar-refractivity contribution is 9.10. The molecule has 0 fully saturated rings. The minimum atomic E-state index is -3.74. The first kappa shape index (κ1) is 21.9. The highest BCUT2D eigenvalue weighted by atomic mass is 79.9. The number of ether oxygens (including phenoxy) is 1. The number of hydrogen-bond acceptors (Lipinski definition) is 4. The highest BCUT2D eigenvalue weighted by Crippen LogP contribution is 2.21. The molecule has 0 saturated carbocycles. The van der Waals surface area contributed by atoms with Crippen LogP contribution in [0.1, 0.15) is 13.3 Å². The van der Waals surface area contributed by atoms with Crippen LogP contribution in [0.25, 0.3) is 0 Å². The van der Waals surface area contributed by atoms with Gasteiger partial charge < -0.3 is 10.1 Å². The predicted octanol–water partition coefficient (Wildman–Crippen LogP) is 5.05. The van der Waals surface area contributed by atoms with E-state index in [0.717, 1.165) is 4.47 Å². The molecule has 2 N–H and O–H groups in total. The van der Waals surface area contributed by atoms with E-state index in [4.69, 9.17) is 4.74 Å². The van der Waals surface area contributed by atoms with Crippen LogP contribution in [0, 0.1) is 0 Å². The van der Waals surface area contributed by atoms with Crippen LogP contribution < -0.4 is 14.8 Å². The van der Waals surface area contributed by atoms with Crippen molar-refractivity contribution >= 4 is 43.2 Å². The van der Waals surface area contributed by atoms with Crippen LogP contribution >= 0.6 is 15.9 Å². The number of carbonyl (C=O) groups excluding carboxylic acids is 1. The Bertz CT molecular complexity index is 1090. The Morgan fingerprint density at radius 1 is 0.933 bits per heavy atom. The molecule has 3 aromatic rings. The summed E-state index contributed by atoms with van der Waals surface area (Å²) in [5.74, 6) is 0.310. The topological polar surface area (TPSA) is 84.5 Å². The molecular weight excluding hydrogens is 468 g/mol. The molecule has 3 rings (SSSR count). The monoisotopic (exact) mass is 488 g/mol. The van der Waals surface area contributed by atoms with E-state index < -0.39 is 16.1 Å². The normalized spacial score (nSPS) is 12.1. The van der Waals surface area contributed by atoms with Crippen LogP contribution in [0.4, 0.5) is 11.4 Å². The third kappa shape index (κ3) is 5.84. The minimum Gasteiger partial charge on any atom is -0.481 e. The second-order valence-corrected chi connectivity index (χ2v) is 9.05. The number of benzene rings is 3. The van der Waals surface area contributed by atoms with Crippen molar-refractivity contribution in [1.29, 1.82) is 0 Å². The smallest absolute Gasteiger partial charge is 0.265 e. The van der Waals surface area contributed by atoms with Crippen LogP contribution in [0.3, 0.4) is 0 Å². The molecule has 0 bridgehead atoms. The van der Waals surface area contributed by atoms with Gasteiger partial charge in [0.1, 0.15) is 5.75 Å². The summed E-state index contributed by atoms with van der Waals surface area (Å²) in [4.78, 5) is 12.6. The van der Waals surface area contributed by atoms with Gasteiger partial charge >= 0.3 is 0 Å². The molecule has 1 amide bonds. The van der Waals surface area contributed by atoms with Crippen molar-refractivity contribution in [3.05, 3.63) is 83.3 Å². The van der Waals surface area contributed by atoms with Gasteiger partial charge in [-0.05, 0) is 67.1 Å². The number of amides is 1. The molecule has 6 nitrogen and oxygen atoms in total. The first-order chi connectivity index (χ1) is 14.4. The van der Waals surface area contributed by atoms with Gasteiger partial charge in [-0.1, -0.05) is 41.1 Å². The minimum absolute atomic E-state index is 0.0935. The Balaban J connectivity index is 1.65. The van der Waals surface area contributed by atoms with Gasteiger partial charge in [0.25, 0.3) is 15.9 Å². The van der Waals surface area contributed by atoms with Crippen LogP contribution in [0.5, 0.6) is 5.75 Å². The van der Waals surface area contributed by atoms with Gasteiger partial charge in [0.15, 0.2) is 6.10 Å². The number of hydrogen-bond donors (Lipinski definition) is 2. The second kappa shape index (κ2) is 9.77. The Kier molecular flexibility index (Phi) is 7.12. The van der Waals surface area contributed by atoms with Crippen molar-refractivity contribution in [3.8, 4) is 5.75 Å². The van der Waals surface area contributed by atoms with E-state index in [1.165, 1.54) is 12.1 Å². The van der Waals surface area contributed by atoms with Gasteiger partial charge in [0.05, 0.1) is 4.90 Å². The van der Waals surface area contributed by atoms with Crippen LogP contribution in [0.15, 0.2) is 88.2 Å². The molecule has 0 aliphatic carbocycles. The fourth-order valence-electron chi connectivity index (χ4n) is 2.66. The van der Waals surface area contributed by atoms with Gasteiger partial charge in [-0.3, -0.25) is 9.52 Å². The highest BCUT2D eigenvalue weighted by Gasteiger charge is 2.19. The number of halogens is 1. The molecule has 30 heavy (non-hydrogen) atoms. The molecule has 0 heterocycles. The molecule has 8 heteroatoms.